The summed E-state index contributed by atoms with van der Waals surface area (Å²) < 4.78 is 16.1. The third-order valence-corrected chi connectivity index (χ3v) is 8.61. The van der Waals surface area contributed by atoms with E-state index in [1.165, 1.54) is 42.6 Å². The van der Waals surface area contributed by atoms with Crippen molar-refractivity contribution in [1.82, 2.24) is 25.3 Å². The topological polar surface area (TPSA) is 181 Å². The first-order valence-electron chi connectivity index (χ1n) is 17.9. The predicted molar refractivity (Wildman–Crippen MR) is 190 cm³/mol. The minimum absolute atomic E-state index is 0.117. The molecule has 0 bridgehead atoms. The van der Waals surface area contributed by atoms with Gasteiger partial charge in [0.05, 0.1) is 6.42 Å². The van der Waals surface area contributed by atoms with Gasteiger partial charge in [-0.25, -0.2) is 9.59 Å². The van der Waals surface area contributed by atoms with Crippen LogP contribution in [0.2, 0.25) is 0 Å². The molecule has 292 valence electrons. The van der Waals surface area contributed by atoms with Crippen LogP contribution in [-0.2, 0) is 43.0 Å². The highest BCUT2D eigenvalue weighted by Crippen LogP contribution is 2.23. The number of ether oxygens (including phenoxy) is 3. The average molecular weight is 726 g/mol. The van der Waals surface area contributed by atoms with Crippen molar-refractivity contribution < 1.29 is 47.8 Å². The normalized spacial score (nSPS) is 17.7. The van der Waals surface area contributed by atoms with Crippen LogP contribution in [-0.4, -0.2) is 125 Å². The number of likely N-dealkylation sites (N-methyl/N-ethyl adjacent to an activating group) is 2. The van der Waals surface area contributed by atoms with Crippen LogP contribution in [0.3, 0.4) is 0 Å². The van der Waals surface area contributed by atoms with Gasteiger partial charge in [0.2, 0.25) is 17.7 Å². The van der Waals surface area contributed by atoms with E-state index in [9.17, 15) is 33.6 Å². The first kappa shape index (κ1) is 45.1. The lowest BCUT2D eigenvalue weighted by Gasteiger charge is -2.37. The Hall–Kier alpha value is -3.91. The van der Waals surface area contributed by atoms with E-state index in [1.54, 1.807) is 55.4 Å². The summed E-state index contributed by atoms with van der Waals surface area (Å²) in [5, 5.41) is 5.29. The minimum Gasteiger partial charge on any atom is -0.458 e. The molecule has 0 radical (unpaired) electrons. The van der Waals surface area contributed by atoms with Gasteiger partial charge in [0.25, 0.3) is 5.91 Å². The average Bonchev–Trinajstić information content (AvgIpc) is 3.50. The minimum atomic E-state index is -1.15. The highest BCUT2D eigenvalue weighted by atomic mass is 16.6. The van der Waals surface area contributed by atoms with E-state index >= 15 is 0 Å². The molecule has 15 heteroatoms. The zero-order valence-electron chi connectivity index (χ0n) is 33.2. The van der Waals surface area contributed by atoms with Crippen molar-refractivity contribution in [1.29, 1.82) is 0 Å². The number of nitrogens with zero attached hydrogens (tertiary/aromatic N) is 3. The molecule has 51 heavy (non-hydrogen) atoms. The Balaban J connectivity index is 2.82. The van der Waals surface area contributed by atoms with Crippen molar-refractivity contribution in [3.8, 4) is 0 Å². The Morgan fingerprint density at radius 3 is 1.92 bits per heavy atom. The molecule has 0 aromatic carbocycles. The first-order valence-corrected chi connectivity index (χ1v) is 17.9. The highest BCUT2D eigenvalue weighted by molar-refractivity contribution is 5.94. The van der Waals surface area contributed by atoms with Gasteiger partial charge in [0.1, 0.15) is 35.4 Å². The standard InChI is InChI=1S/C36H63N5O10/c1-15-22(4)27(38-34(48)51-36(10,11)12)31(45)40(14)28(21(2)3)32(46)39(13)23(5)29(43)37-19-18-26(42)49-24(6)30(44)41-20-16-17-25(41)33(47)50-35(7,8)9/h21-25,27-28H,15-20H2,1-14H3,(H,37,43)(H,38,48)/t22-,23-,24+,25-,27-,28-/m0/s1. The molecule has 2 N–H and O–H groups in total. The van der Waals surface area contributed by atoms with Crippen LogP contribution in [0.1, 0.15) is 109 Å². The molecule has 1 aliphatic heterocycles. The molecule has 1 aliphatic rings. The number of nitrogens with one attached hydrogen (secondary N) is 2. The van der Waals surface area contributed by atoms with Gasteiger partial charge >= 0.3 is 18.0 Å². The smallest absolute Gasteiger partial charge is 0.408 e. The lowest BCUT2D eigenvalue weighted by molar-refractivity contribution is -0.167. The van der Waals surface area contributed by atoms with Crippen molar-refractivity contribution in [2.24, 2.45) is 11.8 Å². The number of hydrogen-bond acceptors (Lipinski definition) is 10. The van der Waals surface area contributed by atoms with Gasteiger partial charge in [-0.1, -0.05) is 34.1 Å². The molecule has 15 nitrogen and oxygen atoms in total. The highest BCUT2D eigenvalue weighted by Gasteiger charge is 2.41. The molecule has 0 saturated carbocycles. The fraction of sp³-hybridized carbons (Fsp3) is 0.806. The molecule has 0 unspecified atom stereocenters. The summed E-state index contributed by atoms with van der Waals surface area (Å²) in [5.74, 6) is -3.84. The summed E-state index contributed by atoms with van der Waals surface area (Å²) >= 11 is 0. The molecule has 5 amide bonds. The molecular formula is C36H63N5O10. The summed E-state index contributed by atoms with van der Waals surface area (Å²) in [6, 6.07) is -3.62. The maximum atomic E-state index is 13.8. The molecule has 0 aromatic rings. The summed E-state index contributed by atoms with van der Waals surface area (Å²) in [4.78, 5) is 95.2. The number of esters is 2. The summed E-state index contributed by atoms with van der Waals surface area (Å²) in [7, 11) is 2.95. The Bertz CT molecular complexity index is 1260. The largest absolute Gasteiger partial charge is 0.458 e. The molecule has 1 rings (SSSR count). The van der Waals surface area contributed by atoms with Crippen LogP contribution in [0.15, 0.2) is 0 Å². The van der Waals surface area contributed by atoms with Gasteiger partial charge in [-0.05, 0) is 80.1 Å². The molecule has 0 aromatic heterocycles. The van der Waals surface area contributed by atoms with Crippen LogP contribution < -0.4 is 10.6 Å². The molecule has 0 spiro atoms. The molecule has 1 fully saturated rings. The number of carbonyl (C=O) groups is 7. The summed E-state index contributed by atoms with van der Waals surface area (Å²) in [6.45, 7) is 20.8. The SMILES string of the molecule is CC[C@H](C)[C@H](NC(=O)OC(C)(C)C)C(=O)N(C)[C@H](C(=O)N(C)[C@@H](C)C(=O)NCCC(=O)O[C@H](C)C(=O)N1CCC[C@H]1C(=O)OC(C)(C)C)C(C)C. The van der Waals surface area contributed by atoms with Gasteiger partial charge in [-0.15, -0.1) is 0 Å². The molecule has 6 atom stereocenters. The first-order chi connectivity index (χ1) is 23.3. The molecule has 0 aliphatic carbocycles. The Kier molecular flexibility index (Phi) is 16.9. The third kappa shape index (κ3) is 14.0. The Morgan fingerprint density at radius 2 is 1.41 bits per heavy atom. The van der Waals surface area contributed by atoms with Gasteiger partial charge in [0.15, 0.2) is 6.10 Å². The van der Waals surface area contributed by atoms with E-state index in [0.717, 1.165) is 0 Å². The van der Waals surface area contributed by atoms with Crippen molar-refractivity contribution in [3.05, 3.63) is 0 Å². The number of rotatable bonds is 15. The third-order valence-electron chi connectivity index (χ3n) is 8.61. The van der Waals surface area contributed by atoms with Crippen LogP contribution in [0.25, 0.3) is 0 Å². The van der Waals surface area contributed by atoms with E-state index in [1.807, 2.05) is 13.8 Å². The second-order valence-electron chi connectivity index (χ2n) is 15.7. The maximum Gasteiger partial charge on any atom is 0.408 e. The lowest BCUT2D eigenvalue weighted by atomic mass is 9.95. The van der Waals surface area contributed by atoms with E-state index < -0.39 is 83.1 Å². The lowest BCUT2D eigenvalue weighted by Crippen LogP contribution is -2.59. The molecule has 1 heterocycles. The Labute approximate surface area is 303 Å². The van der Waals surface area contributed by atoms with Crippen LogP contribution in [0.5, 0.6) is 0 Å². The van der Waals surface area contributed by atoms with Crippen molar-refractivity contribution in [2.45, 2.75) is 150 Å². The zero-order chi connectivity index (χ0) is 39.6. The van der Waals surface area contributed by atoms with Gasteiger partial charge in [0, 0.05) is 27.2 Å². The summed E-state index contributed by atoms with van der Waals surface area (Å²) in [5.41, 5.74) is -1.48. The number of alkyl carbamates (subject to hydrolysis) is 1. The van der Waals surface area contributed by atoms with Crippen molar-refractivity contribution in [3.63, 3.8) is 0 Å². The Morgan fingerprint density at radius 1 is 0.843 bits per heavy atom. The number of carbonyl (C=O) groups excluding carboxylic acids is 7. The molecule has 1 saturated heterocycles. The van der Waals surface area contributed by atoms with Crippen molar-refractivity contribution >= 4 is 41.7 Å². The van der Waals surface area contributed by atoms with Crippen molar-refractivity contribution in [2.75, 3.05) is 27.2 Å². The van der Waals surface area contributed by atoms with Gasteiger partial charge in [-0.2, -0.15) is 0 Å². The van der Waals surface area contributed by atoms with Crippen LogP contribution in [0, 0.1) is 11.8 Å². The summed E-state index contributed by atoms with van der Waals surface area (Å²) in [6.07, 6.45) is -0.481. The maximum absolute atomic E-state index is 13.8. The van der Waals surface area contributed by atoms with E-state index in [2.05, 4.69) is 10.6 Å². The van der Waals surface area contributed by atoms with Crippen LogP contribution >= 0.6 is 0 Å². The fourth-order valence-corrected chi connectivity index (χ4v) is 5.57. The second-order valence-corrected chi connectivity index (χ2v) is 15.7. The fourth-order valence-electron chi connectivity index (χ4n) is 5.57. The van der Waals surface area contributed by atoms with E-state index in [-0.39, 0.29) is 24.8 Å². The number of hydrogen-bond donors (Lipinski definition) is 2. The van der Waals surface area contributed by atoms with Gasteiger partial charge in [-0.3, -0.25) is 24.0 Å². The number of amides is 5. The monoisotopic (exact) mass is 725 g/mol. The zero-order valence-corrected chi connectivity index (χ0v) is 33.2. The van der Waals surface area contributed by atoms with Crippen LogP contribution in [0.4, 0.5) is 4.79 Å². The van der Waals surface area contributed by atoms with E-state index in [4.69, 9.17) is 14.2 Å². The predicted octanol–water partition coefficient (Wildman–Crippen LogP) is 3.03. The van der Waals surface area contributed by atoms with E-state index in [0.29, 0.717) is 25.8 Å². The quantitative estimate of drug-likeness (QED) is 0.188. The second kappa shape index (κ2) is 19.1. The number of likely N-dealkylation sites (tertiary alicyclic amines) is 1. The van der Waals surface area contributed by atoms with Gasteiger partial charge < -0.3 is 39.5 Å². The molecular weight excluding hydrogens is 662 g/mol.